The molecule has 0 bridgehead atoms. The first-order valence-corrected chi connectivity index (χ1v) is 12.2. The predicted molar refractivity (Wildman–Crippen MR) is 146 cm³/mol. The van der Waals surface area contributed by atoms with Gasteiger partial charge in [0.15, 0.2) is 0 Å². The van der Waals surface area contributed by atoms with Crippen molar-refractivity contribution in [3.63, 3.8) is 0 Å². The summed E-state index contributed by atoms with van der Waals surface area (Å²) in [5.41, 5.74) is 2.22. The smallest absolute Gasteiger partial charge is 0.275 e. The molecule has 2 heterocycles. The predicted octanol–water partition coefficient (Wildman–Crippen LogP) is 7.38. The zero-order valence-electron chi connectivity index (χ0n) is 19.9. The number of hydrogen-bond donors (Lipinski definition) is 1. The van der Waals surface area contributed by atoms with Crippen LogP contribution in [0.5, 0.6) is 11.5 Å². The van der Waals surface area contributed by atoms with Crippen LogP contribution in [0.25, 0.3) is 22.2 Å². The number of amides is 1. The van der Waals surface area contributed by atoms with Gasteiger partial charge >= 0.3 is 0 Å². The number of benzene rings is 3. The lowest BCUT2D eigenvalue weighted by Crippen LogP contribution is -2.13. The second-order valence-electron chi connectivity index (χ2n) is 8.26. The van der Waals surface area contributed by atoms with E-state index >= 15 is 0 Å². The topological polar surface area (TPSA) is 112 Å². The molecule has 0 radical (unpaired) electrons. The van der Waals surface area contributed by atoms with Gasteiger partial charge in [0.05, 0.1) is 44.7 Å². The number of non-ortho nitro benzene ring substituents is 1. The van der Waals surface area contributed by atoms with Crippen LogP contribution in [0.4, 0.5) is 11.4 Å². The standard InChI is InChI=1S/C27H19Cl2N5O4/c1-2-33-15-16(14-30-33)25-13-22(21-5-3-4-6-24(21)32-25)27(35)31-18-10-19(34(36)37)12-20(11-18)38-26-8-7-17(28)9-23(26)29/h3-15H,2H2,1H3,(H,31,35). The van der Waals surface area contributed by atoms with E-state index < -0.39 is 10.8 Å². The number of nitro groups is 1. The molecule has 5 aromatic rings. The van der Waals surface area contributed by atoms with Crippen molar-refractivity contribution >= 4 is 51.4 Å². The molecule has 11 heteroatoms. The lowest BCUT2D eigenvalue weighted by Gasteiger charge is -2.12. The van der Waals surface area contributed by atoms with Gasteiger partial charge in [-0.15, -0.1) is 0 Å². The summed E-state index contributed by atoms with van der Waals surface area (Å²) in [5, 5.41) is 19.9. The van der Waals surface area contributed by atoms with E-state index in [-0.39, 0.29) is 27.9 Å². The van der Waals surface area contributed by atoms with Crippen molar-refractivity contribution in [1.82, 2.24) is 14.8 Å². The molecule has 2 aromatic heterocycles. The molecule has 0 saturated heterocycles. The van der Waals surface area contributed by atoms with Crippen molar-refractivity contribution in [1.29, 1.82) is 0 Å². The van der Waals surface area contributed by atoms with Gasteiger partial charge in [0, 0.05) is 40.8 Å². The minimum Gasteiger partial charge on any atom is -0.455 e. The van der Waals surface area contributed by atoms with Crippen LogP contribution in [0.15, 0.2) is 79.1 Å². The minimum absolute atomic E-state index is 0.117. The maximum Gasteiger partial charge on any atom is 0.275 e. The van der Waals surface area contributed by atoms with Gasteiger partial charge in [-0.2, -0.15) is 5.10 Å². The normalized spacial score (nSPS) is 10.9. The Balaban J connectivity index is 1.52. The fourth-order valence-corrected chi connectivity index (χ4v) is 4.33. The number of nitrogens with zero attached hydrogens (tertiary/aromatic N) is 4. The largest absolute Gasteiger partial charge is 0.455 e. The Labute approximate surface area is 226 Å². The second kappa shape index (κ2) is 10.5. The molecule has 0 fully saturated rings. The Kier molecular flexibility index (Phi) is 6.95. The highest BCUT2D eigenvalue weighted by Gasteiger charge is 2.18. The van der Waals surface area contributed by atoms with Crippen molar-refractivity contribution in [2.24, 2.45) is 0 Å². The van der Waals surface area contributed by atoms with Crippen molar-refractivity contribution in [3.05, 3.63) is 105 Å². The van der Waals surface area contributed by atoms with Crippen LogP contribution in [0.1, 0.15) is 17.3 Å². The highest BCUT2D eigenvalue weighted by atomic mass is 35.5. The van der Waals surface area contributed by atoms with Crippen molar-refractivity contribution in [2.75, 3.05) is 5.32 Å². The lowest BCUT2D eigenvalue weighted by atomic mass is 10.0. The van der Waals surface area contributed by atoms with Gasteiger partial charge in [-0.1, -0.05) is 41.4 Å². The molecule has 9 nitrogen and oxygen atoms in total. The Hall–Kier alpha value is -4.47. The Morgan fingerprint density at radius 1 is 1.11 bits per heavy atom. The van der Waals surface area contributed by atoms with Gasteiger partial charge in [0.25, 0.3) is 11.6 Å². The van der Waals surface area contributed by atoms with Gasteiger partial charge in [0.1, 0.15) is 11.5 Å². The molecule has 0 unspecified atom stereocenters. The number of anilines is 1. The zero-order valence-corrected chi connectivity index (χ0v) is 21.4. The van der Waals surface area contributed by atoms with Crippen LogP contribution in [-0.4, -0.2) is 25.6 Å². The number of nitro benzene ring substituents is 1. The summed E-state index contributed by atoms with van der Waals surface area (Å²) in [6.07, 6.45) is 3.54. The van der Waals surface area contributed by atoms with Gasteiger partial charge in [-0.05, 0) is 37.3 Å². The maximum absolute atomic E-state index is 13.5. The van der Waals surface area contributed by atoms with Crippen LogP contribution < -0.4 is 10.1 Å². The summed E-state index contributed by atoms with van der Waals surface area (Å²) in [4.78, 5) is 29.2. The van der Waals surface area contributed by atoms with E-state index in [0.29, 0.717) is 33.7 Å². The highest BCUT2D eigenvalue weighted by Crippen LogP contribution is 2.35. The first kappa shape index (κ1) is 25.2. The molecule has 38 heavy (non-hydrogen) atoms. The number of aryl methyl sites for hydroxylation is 1. The van der Waals surface area contributed by atoms with E-state index in [1.165, 1.54) is 24.3 Å². The number of halogens is 2. The number of pyridine rings is 1. The number of carbonyl (C=O) groups excluding carboxylic acids is 1. The van der Waals surface area contributed by atoms with E-state index in [4.69, 9.17) is 32.9 Å². The molecule has 0 atom stereocenters. The van der Waals surface area contributed by atoms with E-state index in [1.54, 1.807) is 35.1 Å². The molecule has 0 spiro atoms. The zero-order chi connectivity index (χ0) is 26.8. The van der Waals surface area contributed by atoms with Crippen molar-refractivity contribution in [3.8, 4) is 22.8 Å². The van der Waals surface area contributed by atoms with Crippen molar-refractivity contribution < 1.29 is 14.5 Å². The Morgan fingerprint density at radius 3 is 2.66 bits per heavy atom. The third kappa shape index (κ3) is 5.29. The molecule has 0 aliphatic carbocycles. The average Bonchev–Trinajstić information content (AvgIpc) is 3.39. The molecular weight excluding hydrogens is 529 g/mol. The highest BCUT2D eigenvalue weighted by molar-refractivity contribution is 6.35. The van der Waals surface area contributed by atoms with Gasteiger partial charge in [0.2, 0.25) is 0 Å². The minimum atomic E-state index is -0.572. The van der Waals surface area contributed by atoms with Gasteiger partial charge in [-0.25, -0.2) is 4.98 Å². The van der Waals surface area contributed by atoms with E-state index in [9.17, 15) is 14.9 Å². The van der Waals surface area contributed by atoms with E-state index in [0.717, 1.165) is 5.56 Å². The maximum atomic E-state index is 13.5. The number of nitrogens with one attached hydrogen (secondary N) is 1. The van der Waals surface area contributed by atoms with Crippen LogP contribution >= 0.6 is 23.2 Å². The summed E-state index contributed by atoms with van der Waals surface area (Å²) in [6.45, 7) is 2.67. The second-order valence-corrected chi connectivity index (χ2v) is 9.10. The van der Waals surface area contributed by atoms with Crippen LogP contribution in [-0.2, 0) is 6.54 Å². The Bertz CT molecular complexity index is 1700. The van der Waals surface area contributed by atoms with E-state index in [1.807, 2.05) is 31.3 Å². The third-order valence-corrected chi connectivity index (χ3v) is 6.23. The molecule has 3 aromatic carbocycles. The monoisotopic (exact) mass is 547 g/mol. The van der Waals surface area contributed by atoms with Gasteiger partial charge < -0.3 is 10.1 Å². The molecule has 0 aliphatic rings. The summed E-state index contributed by atoms with van der Waals surface area (Å²) in [5.74, 6) is -0.0964. The molecular formula is C27H19Cl2N5O4. The summed E-state index contributed by atoms with van der Waals surface area (Å²) < 4.78 is 7.54. The number of ether oxygens (including phenoxy) is 1. The number of carbonyl (C=O) groups is 1. The van der Waals surface area contributed by atoms with Crippen molar-refractivity contribution in [2.45, 2.75) is 13.5 Å². The van der Waals surface area contributed by atoms with Crippen LogP contribution in [0.3, 0.4) is 0 Å². The quantitative estimate of drug-likeness (QED) is 0.168. The first-order valence-electron chi connectivity index (χ1n) is 11.5. The molecule has 0 aliphatic heterocycles. The number of aromatic nitrogens is 3. The van der Waals surface area contributed by atoms with Crippen LogP contribution in [0, 0.1) is 10.1 Å². The van der Waals surface area contributed by atoms with Gasteiger partial charge in [-0.3, -0.25) is 19.6 Å². The van der Waals surface area contributed by atoms with Crippen LogP contribution in [0.2, 0.25) is 10.0 Å². The third-order valence-electron chi connectivity index (χ3n) is 5.70. The summed E-state index contributed by atoms with van der Waals surface area (Å²) in [7, 11) is 0. The molecule has 5 rings (SSSR count). The Morgan fingerprint density at radius 2 is 1.92 bits per heavy atom. The summed E-state index contributed by atoms with van der Waals surface area (Å²) >= 11 is 12.1. The average molecular weight is 548 g/mol. The molecule has 0 saturated carbocycles. The van der Waals surface area contributed by atoms with E-state index in [2.05, 4.69) is 10.4 Å². The fraction of sp³-hybridized carbons (Fsp3) is 0.0741. The molecule has 1 amide bonds. The fourth-order valence-electron chi connectivity index (χ4n) is 3.88. The molecule has 190 valence electrons. The molecule has 1 N–H and O–H groups in total. The number of para-hydroxylation sites is 1. The SMILES string of the molecule is CCn1cc(-c2cc(C(=O)Nc3cc(Oc4ccc(Cl)cc4Cl)cc([N+](=O)[O-])c3)c3ccccc3n2)cn1. The lowest BCUT2D eigenvalue weighted by molar-refractivity contribution is -0.384. The first-order chi connectivity index (χ1) is 18.3. The number of fused-ring (bicyclic) bond motifs is 1. The summed E-state index contributed by atoms with van der Waals surface area (Å²) in [6, 6.07) is 17.5. The number of hydrogen-bond acceptors (Lipinski definition) is 6. The number of rotatable bonds is 7.